The highest BCUT2D eigenvalue weighted by Gasteiger charge is 2.38. The van der Waals surface area contributed by atoms with Gasteiger partial charge < -0.3 is 19.7 Å². The van der Waals surface area contributed by atoms with Crippen molar-refractivity contribution in [2.75, 3.05) is 6.54 Å². The summed E-state index contributed by atoms with van der Waals surface area (Å²) in [6, 6.07) is 9.61. The Balaban J connectivity index is 1.52. The molecule has 0 bridgehead atoms. The van der Waals surface area contributed by atoms with E-state index in [2.05, 4.69) is 16.1 Å². The number of carbonyl (C=O) groups excluding carboxylic acids is 1. The van der Waals surface area contributed by atoms with E-state index in [1.54, 1.807) is 27.9 Å². The highest BCUT2D eigenvalue weighted by molar-refractivity contribution is 5.99. The molecule has 2 N–H and O–H groups in total. The molecule has 4 heterocycles. The van der Waals surface area contributed by atoms with E-state index in [-0.39, 0.29) is 11.9 Å². The number of rotatable bonds is 3. The van der Waals surface area contributed by atoms with Crippen LogP contribution in [0.4, 0.5) is 0 Å². The van der Waals surface area contributed by atoms with E-state index in [0.717, 1.165) is 33.4 Å². The molecule has 0 aliphatic carbocycles. The van der Waals surface area contributed by atoms with Gasteiger partial charge in [-0.3, -0.25) is 4.79 Å². The van der Waals surface area contributed by atoms with E-state index in [4.69, 9.17) is 4.74 Å². The Kier molecular flexibility index (Phi) is 3.89. The number of nitrogens with one attached hydrogen (secondary N) is 1. The van der Waals surface area contributed by atoms with E-state index in [0.29, 0.717) is 17.9 Å². The number of ether oxygens (including phenoxy) is 1. The Morgan fingerprint density at radius 1 is 1.28 bits per heavy atom. The topological polar surface area (TPSA) is 82.9 Å². The second-order valence-electron chi connectivity index (χ2n) is 7.73. The number of aromatic nitrogens is 3. The number of likely N-dealkylation sites (tertiary alicyclic amines) is 1. The molecule has 4 aromatic rings. The van der Waals surface area contributed by atoms with Crippen LogP contribution in [0.25, 0.3) is 16.4 Å². The van der Waals surface area contributed by atoms with Crippen molar-refractivity contribution in [2.45, 2.75) is 32.9 Å². The normalized spacial score (nSPS) is 19.0. The lowest BCUT2D eigenvalue weighted by atomic mass is 9.99. The third-order valence-corrected chi connectivity index (χ3v) is 5.77. The van der Waals surface area contributed by atoms with Crippen LogP contribution in [0.1, 0.15) is 28.5 Å². The molecule has 1 aliphatic rings. The zero-order valence-electron chi connectivity index (χ0n) is 16.5. The van der Waals surface area contributed by atoms with Gasteiger partial charge in [0.25, 0.3) is 5.91 Å². The highest BCUT2D eigenvalue weighted by Crippen LogP contribution is 2.33. The summed E-state index contributed by atoms with van der Waals surface area (Å²) >= 11 is 0. The van der Waals surface area contributed by atoms with Crippen molar-refractivity contribution in [3.05, 3.63) is 59.5 Å². The van der Waals surface area contributed by atoms with Crippen molar-refractivity contribution in [3.8, 4) is 11.5 Å². The second-order valence-corrected chi connectivity index (χ2v) is 7.73. The Morgan fingerprint density at radius 3 is 2.86 bits per heavy atom. The van der Waals surface area contributed by atoms with Gasteiger partial charge in [-0.2, -0.15) is 5.10 Å². The van der Waals surface area contributed by atoms with Gasteiger partial charge in [-0.1, -0.05) is 0 Å². The van der Waals surface area contributed by atoms with Crippen molar-refractivity contribution in [3.63, 3.8) is 0 Å². The molecule has 7 nitrogen and oxygen atoms in total. The third kappa shape index (κ3) is 2.77. The van der Waals surface area contributed by atoms with Crippen molar-refractivity contribution < 1.29 is 14.6 Å². The number of H-pyrrole nitrogens is 1. The van der Waals surface area contributed by atoms with E-state index >= 15 is 0 Å². The van der Waals surface area contributed by atoms with Crippen LogP contribution in [-0.2, 0) is 0 Å². The fourth-order valence-electron chi connectivity index (χ4n) is 3.98. The molecule has 1 aromatic carbocycles. The monoisotopic (exact) mass is 390 g/mol. The average Bonchev–Trinajstić information content (AvgIpc) is 3.24. The Hall–Kier alpha value is -3.32. The zero-order chi connectivity index (χ0) is 20.3. The first-order valence-electron chi connectivity index (χ1n) is 9.65. The number of aryl methyl sites for hydroxylation is 2. The van der Waals surface area contributed by atoms with Gasteiger partial charge in [0.1, 0.15) is 11.3 Å². The minimum atomic E-state index is -0.458. The zero-order valence-corrected chi connectivity index (χ0v) is 16.5. The van der Waals surface area contributed by atoms with E-state index in [1.165, 1.54) is 0 Å². The number of hydrogen-bond donors (Lipinski definition) is 2. The Bertz CT molecular complexity index is 1260. The third-order valence-electron chi connectivity index (χ3n) is 5.77. The quantitative estimate of drug-likeness (QED) is 0.561. The van der Waals surface area contributed by atoms with Crippen LogP contribution in [0.3, 0.4) is 0 Å². The number of fused-ring (bicyclic) bond motifs is 2. The first kappa shape index (κ1) is 17.8. The van der Waals surface area contributed by atoms with Gasteiger partial charge in [0.15, 0.2) is 5.75 Å². The number of benzene rings is 1. The van der Waals surface area contributed by atoms with Crippen LogP contribution >= 0.6 is 0 Å². The average molecular weight is 390 g/mol. The minimum absolute atomic E-state index is 0.0963. The molecular weight excluding hydrogens is 368 g/mol. The molecule has 29 heavy (non-hydrogen) atoms. The van der Waals surface area contributed by atoms with Gasteiger partial charge >= 0.3 is 0 Å². The molecule has 1 aliphatic heterocycles. The second kappa shape index (κ2) is 6.35. The van der Waals surface area contributed by atoms with Crippen LogP contribution in [-0.4, -0.2) is 49.2 Å². The van der Waals surface area contributed by atoms with Crippen LogP contribution in [0.5, 0.6) is 11.5 Å². The maximum Gasteiger partial charge on any atom is 0.256 e. The highest BCUT2D eigenvalue weighted by atomic mass is 16.5. The summed E-state index contributed by atoms with van der Waals surface area (Å²) in [5.74, 6) is 1.26. The number of aliphatic hydroxyl groups is 1. The number of nitrogens with zero attached hydrogens (tertiary/aromatic N) is 3. The number of β-amino-alcohol motifs (C(OH)–C–C–N with tert-alkyl or cyclic N) is 1. The van der Waals surface area contributed by atoms with Crippen LogP contribution in [0, 0.1) is 13.8 Å². The molecule has 0 radical (unpaired) electrons. The lowest BCUT2D eigenvalue weighted by molar-refractivity contribution is -0.0357. The molecule has 2 atom stereocenters. The summed E-state index contributed by atoms with van der Waals surface area (Å²) in [5, 5.41) is 15.2. The van der Waals surface area contributed by atoms with Gasteiger partial charge in [0.05, 0.1) is 23.9 Å². The van der Waals surface area contributed by atoms with Gasteiger partial charge in [0, 0.05) is 35.4 Å². The SMILES string of the molecule is Cc1cc2cc(Oc3ccnn4cc(C(=O)N5C[C@@H](O)[C@H]5C)c(C)c34)ccc2[nH]1. The maximum atomic E-state index is 12.9. The molecule has 148 valence electrons. The Labute approximate surface area is 167 Å². The summed E-state index contributed by atoms with van der Waals surface area (Å²) in [7, 11) is 0. The summed E-state index contributed by atoms with van der Waals surface area (Å²) < 4.78 is 7.86. The van der Waals surface area contributed by atoms with Crippen molar-refractivity contribution in [1.82, 2.24) is 19.5 Å². The molecule has 7 heteroatoms. The molecule has 0 saturated carbocycles. The van der Waals surface area contributed by atoms with Gasteiger partial charge in [-0.05, 0) is 50.6 Å². The first-order valence-corrected chi connectivity index (χ1v) is 9.65. The summed E-state index contributed by atoms with van der Waals surface area (Å²) in [6.07, 6.45) is 2.93. The molecule has 0 unspecified atom stereocenters. The first-order chi connectivity index (χ1) is 13.9. The fourth-order valence-corrected chi connectivity index (χ4v) is 3.98. The molecule has 3 aromatic heterocycles. The molecule has 1 amide bonds. The Morgan fingerprint density at radius 2 is 2.10 bits per heavy atom. The number of hydrogen-bond acceptors (Lipinski definition) is 4. The maximum absolute atomic E-state index is 12.9. The van der Waals surface area contributed by atoms with Crippen LogP contribution in [0.2, 0.25) is 0 Å². The summed E-state index contributed by atoms with van der Waals surface area (Å²) in [6.45, 7) is 6.13. The fraction of sp³-hybridized carbons (Fsp3) is 0.273. The summed E-state index contributed by atoms with van der Waals surface area (Å²) in [5.41, 5.74) is 4.30. The summed E-state index contributed by atoms with van der Waals surface area (Å²) in [4.78, 5) is 17.9. The number of carbonyl (C=O) groups is 1. The predicted octanol–water partition coefficient (Wildman–Crippen LogP) is 3.43. The van der Waals surface area contributed by atoms with Crippen molar-refractivity contribution >= 4 is 22.3 Å². The van der Waals surface area contributed by atoms with Crippen molar-refractivity contribution in [2.24, 2.45) is 0 Å². The van der Waals surface area contributed by atoms with E-state index < -0.39 is 6.10 Å². The van der Waals surface area contributed by atoms with Gasteiger partial charge in [0.2, 0.25) is 0 Å². The lowest BCUT2D eigenvalue weighted by Gasteiger charge is -2.43. The van der Waals surface area contributed by atoms with E-state index in [9.17, 15) is 9.90 Å². The minimum Gasteiger partial charge on any atom is -0.455 e. The van der Waals surface area contributed by atoms with Crippen LogP contribution < -0.4 is 4.74 Å². The van der Waals surface area contributed by atoms with Crippen molar-refractivity contribution in [1.29, 1.82) is 0 Å². The van der Waals surface area contributed by atoms with Gasteiger partial charge in [-0.15, -0.1) is 0 Å². The molecule has 1 saturated heterocycles. The molecule has 0 spiro atoms. The lowest BCUT2D eigenvalue weighted by Crippen LogP contribution is -2.60. The number of amides is 1. The number of aromatic amines is 1. The standard InChI is InChI=1S/C22H22N4O3/c1-12-8-15-9-16(4-5-18(15)24-12)29-20-6-7-23-26-10-17(13(2)21(20)26)22(28)25-11-19(27)14(25)3/h4-10,14,19,24,27H,11H2,1-3H3/t14-,19-/m1/s1. The largest absolute Gasteiger partial charge is 0.455 e. The van der Waals surface area contributed by atoms with E-state index in [1.807, 2.05) is 39.0 Å². The number of aliphatic hydroxyl groups excluding tert-OH is 1. The predicted molar refractivity (Wildman–Crippen MR) is 110 cm³/mol. The van der Waals surface area contributed by atoms with Crippen LogP contribution in [0.15, 0.2) is 42.7 Å². The molecule has 5 rings (SSSR count). The molecule has 1 fully saturated rings. The van der Waals surface area contributed by atoms with Gasteiger partial charge in [-0.25, -0.2) is 4.52 Å². The molecular formula is C22H22N4O3. The smallest absolute Gasteiger partial charge is 0.256 e.